The fourth-order valence-corrected chi connectivity index (χ4v) is 1.94. The summed E-state index contributed by atoms with van der Waals surface area (Å²) in [5.74, 6) is 0. The standard InChI is InChI=1S/C11H10N4S/c1-8-7-16-11(15-8)6-14-10-3-2-9(4-12)13-5-10/h2-3,5,7,14H,6H2,1H3. The first-order chi connectivity index (χ1) is 7.78. The third-order valence-corrected chi connectivity index (χ3v) is 2.96. The van der Waals surface area contributed by atoms with E-state index in [0.717, 1.165) is 16.4 Å². The zero-order valence-corrected chi connectivity index (χ0v) is 9.58. The molecule has 0 unspecified atom stereocenters. The zero-order valence-electron chi connectivity index (χ0n) is 8.77. The Morgan fingerprint density at radius 1 is 1.50 bits per heavy atom. The number of pyridine rings is 1. The molecule has 0 aliphatic heterocycles. The number of hydrogen-bond donors (Lipinski definition) is 1. The quantitative estimate of drug-likeness (QED) is 0.879. The lowest BCUT2D eigenvalue weighted by Gasteiger charge is -2.02. The molecule has 2 heterocycles. The van der Waals surface area contributed by atoms with Crippen molar-refractivity contribution in [3.8, 4) is 6.07 Å². The molecule has 2 rings (SSSR count). The Bertz CT molecular complexity index is 510. The van der Waals surface area contributed by atoms with Crippen molar-refractivity contribution in [2.45, 2.75) is 13.5 Å². The van der Waals surface area contributed by atoms with E-state index in [1.165, 1.54) is 0 Å². The molecule has 5 heteroatoms. The summed E-state index contributed by atoms with van der Waals surface area (Å²) >= 11 is 1.63. The SMILES string of the molecule is Cc1csc(CNc2ccc(C#N)nc2)n1. The van der Waals surface area contributed by atoms with Crippen LogP contribution in [0.1, 0.15) is 16.4 Å². The summed E-state index contributed by atoms with van der Waals surface area (Å²) < 4.78 is 0. The minimum Gasteiger partial charge on any atom is -0.377 e. The monoisotopic (exact) mass is 230 g/mol. The molecule has 0 spiro atoms. The van der Waals surface area contributed by atoms with Gasteiger partial charge in [0.15, 0.2) is 0 Å². The molecule has 0 aliphatic rings. The van der Waals surface area contributed by atoms with Crippen molar-refractivity contribution in [1.82, 2.24) is 9.97 Å². The van der Waals surface area contributed by atoms with E-state index in [-0.39, 0.29) is 0 Å². The number of rotatable bonds is 3. The average Bonchev–Trinajstić information content (AvgIpc) is 2.73. The van der Waals surface area contributed by atoms with Gasteiger partial charge in [-0.25, -0.2) is 9.97 Å². The Kier molecular flexibility index (Phi) is 3.13. The molecule has 1 N–H and O–H groups in total. The lowest BCUT2D eigenvalue weighted by molar-refractivity contribution is 1.07. The Morgan fingerprint density at radius 2 is 2.38 bits per heavy atom. The summed E-state index contributed by atoms with van der Waals surface area (Å²) in [5.41, 5.74) is 2.36. The van der Waals surface area contributed by atoms with Crippen LogP contribution in [0.5, 0.6) is 0 Å². The molecule has 4 nitrogen and oxygen atoms in total. The topological polar surface area (TPSA) is 61.6 Å². The van der Waals surface area contributed by atoms with E-state index in [1.807, 2.05) is 24.4 Å². The van der Waals surface area contributed by atoms with Crippen LogP contribution in [0.25, 0.3) is 0 Å². The predicted octanol–water partition coefficient (Wildman–Crippen LogP) is 2.33. The number of hydrogen-bond acceptors (Lipinski definition) is 5. The lowest BCUT2D eigenvalue weighted by Crippen LogP contribution is -1.99. The summed E-state index contributed by atoms with van der Waals surface area (Å²) in [5, 5.41) is 14.9. The normalized spacial score (nSPS) is 9.75. The summed E-state index contributed by atoms with van der Waals surface area (Å²) in [6.07, 6.45) is 1.65. The summed E-state index contributed by atoms with van der Waals surface area (Å²) in [6, 6.07) is 5.51. The number of thiazole rings is 1. The van der Waals surface area contributed by atoms with Gasteiger partial charge in [0.1, 0.15) is 16.8 Å². The average molecular weight is 230 g/mol. The molecule has 2 aromatic heterocycles. The number of anilines is 1. The van der Waals surface area contributed by atoms with Gasteiger partial charge in [0, 0.05) is 11.1 Å². The van der Waals surface area contributed by atoms with E-state index in [1.54, 1.807) is 23.6 Å². The molecule has 0 aliphatic carbocycles. The van der Waals surface area contributed by atoms with Gasteiger partial charge in [-0.3, -0.25) is 0 Å². The Morgan fingerprint density at radius 3 is 2.94 bits per heavy atom. The van der Waals surface area contributed by atoms with E-state index < -0.39 is 0 Å². The minimum absolute atomic E-state index is 0.427. The van der Waals surface area contributed by atoms with Crippen molar-refractivity contribution in [3.63, 3.8) is 0 Å². The number of nitrogens with one attached hydrogen (secondary N) is 1. The summed E-state index contributed by atoms with van der Waals surface area (Å²) in [6.45, 7) is 2.66. The molecule has 0 saturated carbocycles. The van der Waals surface area contributed by atoms with Crippen LogP contribution in [0.2, 0.25) is 0 Å². The highest BCUT2D eigenvalue weighted by atomic mass is 32.1. The second kappa shape index (κ2) is 4.73. The van der Waals surface area contributed by atoms with Crippen LogP contribution in [0.4, 0.5) is 5.69 Å². The number of aryl methyl sites for hydroxylation is 1. The van der Waals surface area contributed by atoms with Gasteiger partial charge in [0.2, 0.25) is 0 Å². The van der Waals surface area contributed by atoms with Gasteiger partial charge in [-0.2, -0.15) is 5.26 Å². The van der Waals surface area contributed by atoms with E-state index >= 15 is 0 Å². The van der Waals surface area contributed by atoms with E-state index in [2.05, 4.69) is 15.3 Å². The number of nitrogens with zero attached hydrogens (tertiary/aromatic N) is 3. The maximum Gasteiger partial charge on any atom is 0.140 e. The molecule has 0 radical (unpaired) electrons. The van der Waals surface area contributed by atoms with E-state index in [9.17, 15) is 0 Å². The van der Waals surface area contributed by atoms with E-state index in [4.69, 9.17) is 5.26 Å². The number of nitriles is 1. The maximum atomic E-state index is 8.60. The molecule has 0 fully saturated rings. The second-order valence-electron chi connectivity index (χ2n) is 3.28. The van der Waals surface area contributed by atoms with Crippen LogP contribution in [-0.2, 0) is 6.54 Å². The first-order valence-electron chi connectivity index (χ1n) is 4.79. The van der Waals surface area contributed by atoms with Crippen LogP contribution >= 0.6 is 11.3 Å². The van der Waals surface area contributed by atoms with Gasteiger partial charge in [-0.1, -0.05) is 0 Å². The first-order valence-corrected chi connectivity index (χ1v) is 5.67. The number of aromatic nitrogens is 2. The van der Waals surface area contributed by atoms with Crippen LogP contribution < -0.4 is 5.32 Å². The van der Waals surface area contributed by atoms with Gasteiger partial charge < -0.3 is 5.32 Å². The van der Waals surface area contributed by atoms with Gasteiger partial charge in [0.05, 0.1) is 18.4 Å². The fraction of sp³-hybridized carbons (Fsp3) is 0.182. The molecule has 0 atom stereocenters. The van der Waals surface area contributed by atoms with Crippen molar-refractivity contribution in [2.24, 2.45) is 0 Å². The van der Waals surface area contributed by atoms with Gasteiger partial charge in [0.25, 0.3) is 0 Å². The molecule has 0 bridgehead atoms. The third kappa shape index (κ3) is 2.55. The minimum atomic E-state index is 0.427. The molecular formula is C11H10N4S. The molecular weight excluding hydrogens is 220 g/mol. The van der Waals surface area contributed by atoms with Crippen LogP contribution in [0, 0.1) is 18.3 Å². The highest BCUT2D eigenvalue weighted by Crippen LogP contribution is 2.12. The molecule has 0 saturated heterocycles. The van der Waals surface area contributed by atoms with Crippen LogP contribution in [0.15, 0.2) is 23.7 Å². The molecule has 0 aromatic carbocycles. The molecule has 0 amide bonds. The Labute approximate surface area is 97.6 Å². The van der Waals surface area contributed by atoms with Gasteiger partial charge >= 0.3 is 0 Å². The van der Waals surface area contributed by atoms with E-state index in [0.29, 0.717) is 12.2 Å². The van der Waals surface area contributed by atoms with Gasteiger partial charge in [-0.05, 0) is 19.1 Å². The van der Waals surface area contributed by atoms with Crippen LogP contribution in [0.3, 0.4) is 0 Å². The van der Waals surface area contributed by atoms with Gasteiger partial charge in [-0.15, -0.1) is 11.3 Å². The zero-order chi connectivity index (χ0) is 11.4. The Hall–Kier alpha value is -1.93. The van der Waals surface area contributed by atoms with Crippen LogP contribution in [-0.4, -0.2) is 9.97 Å². The molecule has 16 heavy (non-hydrogen) atoms. The predicted molar refractivity (Wildman–Crippen MR) is 63.1 cm³/mol. The largest absolute Gasteiger partial charge is 0.377 e. The van der Waals surface area contributed by atoms with Crippen molar-refractivity contribution in [3.05, 3.63) is 40.1 Å². The maximum absolute atomic E-state index is 8.60. The molecule has 2 aromatic rings. The third-order valence-electron chi connectivity index (χ3n) is 1.99. The highest BCUT2D eigenvalue weighted by Gasteiger charge is 1.99. The fourth-order valence-electron chi connectivity index (χ4n) is 1.23. The summed E-state index contributed by atoms with van der Waals surface area (Å²) in [7, 11) is 0. The second-order valence-corrected chi connectivity index (χ2v) is 4.22. The van der Waals surface area contributed by atoms with Crippen molar-refractivity contribution in [2.75, 3.05) is 5.32 Å². The Balaban J connectivity index is 1.97. The molecule has 80 valence electrons. The van der Waals surface area contributed by atoms with Crippen molar-refractivity contribution >= 4 is 17.0 Å². The van der Waals surface area contributed by atoms with Crippen molar-refractivity contribution < 1.29 is 0 Å². The summed E-state index contributed by atoms with van der Waals surface area (Å²) in [4.78, 5) is 8.32. The lowest BCUT2D eigenvalue weighted by atomic mass is 10.3. The highest BCUT2D eigenvalue weighted by molar-refractivity contribution is 7.09. The smallest absolute Gasteiger partial charge is 0.140 e. The van der Waals surface area contributed by atoms with Crippen molar-refractivity contribution in [1.29, 1.82) is 5.26 Å². The first kappa shape index (κ1) is 10.6.